The fourth-order valence-electron chi connectivity index (χ4n) is 1.66. The first-order chi connectivity index (χ1) is 9.69. The summed E-state index contributed by atoms with van der Waals surface area (Å²) in [6, 6.07) is 1.58. The maximum absolute atomic E-state index is 11.9. The summed E-state index contributed by atoms with van der Waals surface area (Å²) in [5.74, 6) is 0.621. The van der Waals surface area contributed by atoms with Gasteiger partial charge in [-0.3, -0.25) is 10.1 Å². The minimum absolute atomic E-state index is 0.117. The number of thiazole rings is 1. The summed E-state index contributed by atoms with van der Waals surface area (Å²) in [4.78, 5) is 15.9. The molecule has 7 heteroatoms. The molecule has 6 nitrogen and oxygen atoms in total. The Bertz CT molecular complexity index is 538. The van der Waals surface area contributed by atoms with Crippen molar-refractivity contribution in [3.63, 3.8) is 0 Å². The summed E-state index contributed by atoms with van der Waals surface area (Å²) in [7, 11) is 0. The summed E-state index contributed by atoms with van der Waals surface area (Å²) in [5.41, 5.74) is 0.948. The van der Waals surface area contributed by atoms with Crippen LogP contribution in [0.1, 0.15) is 31.7 Å². The molecular formula is C13H18N4O2S. The average Bonchev–Trinajstić information content (AvgIpc) is 3.08. The second-order valence-corrected chi connectivity index (χ2v) is 5.36. The summed E-state index contributed by atoms with van der Waals surface area (Å²) in [6.07, 6.45) is 3.60. The van der Waals surface area contributed by atoms with Crippen LogP contribution in [0.4, 0.5) is 5.13 Å². The van der Waals surface area contributed by atoms with Crippen LogP contribution >= 0.6 is 11.3 Å². The summed E-state index contributed by atoms with van der Waals surface area (Å²) in [6.45, 7) is 4.37. The fraction of sp³-hybridized carbons (Fsp3) is 0.462. The van der Waals surface area contributed by atoms with E-state index in [-0.39, 0.29) is 11.9 Å². The van der Waals surface area contributed by atoms with Crippen LogP contribution in [0.2, 0.25) is 0 Å². The maximum Gasteiger partial charge on any atom is 0.243 e. The fourth-order valence-corrected chi connectivity index (χ4v) is 2.19. The first-order valence-corrected chi connectivity index (χ1v) is 7.45. The monoisotopic (exact) mass is 294 g/mol. The highest BCUT2D eigenvalue weighted by Crippen LogP contribution is 2.10. The van der Waals surface area contributed by atoms with Gasteiger partial charge >= 0.3 is 0 Å². The largest absolute Gasteiger partial charge is 0.360 e. The van der Waals surface area contributed by atoms with Crippen molar-refractivity contribution < 1.29 is 9.32 Å². The van der Waals surface area contributed by atoms with Gasteiger partial charge in [0.2, 0.25) is 5.91 Å². The normalized spacial score (nSPS) is 12.3. The van der Waals surface area contributed by atoms with Crippen molar-refractivity contribution in [1.29, 1.82) is 0 Å². The molecule has 0 radical (unpaired) electrons. The van der Waals surface area contributed by atoms with E-state index in [2.05, 4.69) is 27.7 Å². The molecule has 0 saturated heterocycles. The van der Waals surface area contributed by atoms with Crippen molar-refractivity contribution in [3.8, 4) is 0 Å². The molecule has 20 heavy (non-hydrogen) atoms. The van der Waals surface area contributed by atoms with Gasteiger partial charge in [-0.15, -0.1) is 11.3 Å². The number of hydrogen-bond acceptors (Lipinski definition) is 6. The Morgan fingerprint density at radius 1 is 1.55 bits per heavy atom. The number of aromatic nitrogens is 2. The standard InChI is InChI=1S/C13H18N4O2S/c1-3-4-10-7-11(19-17-10)8-15-9(2)12(18)16-13-14-5-6-20-13/h5-7,9,15H,3-4,8H2,1-2H3,(H,14,16,18). The zero-order valence-electron chi connectivity index (χ0n) is 11.5. The van der Waals surface area contributed by atoms with E-state index >= 15 is 0 Å². The molecule has 2 aromatic rings. The van der Waals surface area contributed by atoms with E-state index in [1.54, 1.807) is 13.1 Å². The van der Waals surface area contributed by atoms with Gasteiger partial charge in [-0.25, -0.2) is 4.98 Å². The van der Waals surface area contributed by atoms with Crippen LogP contribution in [0.3, 0.4) is 0 Å². The van der Waals surface area contributed by atoms with Gasteiger partial charge in [0.15, 0.2) is 10.9 Å². The van der Waals surface area contributed by atoms with Crippen LogP contribution in [0.5, 0.6) is 0 Å². The lowest BCUT2D eigenvalue weighted by molar-refractivity contribution is -0.117. The van der Waals surface area contributed by atoms with Gasteiger partial charge in [0.1, 0.15) is 0 Å². The molecule has 0 aliphatic rings. The third kappa shape index (κ3) is 4.14. The zero-order valence-corrected chi connectivity index (χ0v) is 12.4. The van der Waals surface area contributed by atoms with Crippen molar-refractivity contribution in [3.05, 3.63) is 29.1 Å². The molecule has 0 aromatic carbocycles. The number of aryl methyl sites for hydroxylation is 1. The van der Waals surface area contributed by atoms with Crippen LogP contribution in [-0.4, -0.2) is 22.1 Å². The number of carbonyl (C=O) groups excluding carboxylic acids is 1. The molecule has 2 N–H and O–H groups in total. The summed E-state index contributed by atoms with van der Waals surface area (Å²) >= 11 is 1.39. The van der Waals surface area contributed by atoms with Crippen LogP contribution < -0.4 is 10.6 Å². The van der Waals surface area contributed by atoms with Gasteiger partial charge in [0.05, 0.1) is 18.3 Å². The highest BCUT2D eigenvalue weighted by atomic mass is 32.1. The zero-order chi connectivity index (χ0) is 14.4. The Morgan fingerprint density at radius 2 is 2.40 bits per heavy atom. The predicted octanol–water partition coefficient (Wildman–Crippen LogP) is 2.20. The molecule has 1 atom stereocenters. The number of nitrogens with zero attached hydrogens (tertiary/aromatic N) is 2. The van der Waals surface area contributed by atoms with E-state index in [0.29, 0.717) is 11.7 Å². The van der Waals surface area contributed by atoms with E-state index in [1.807, 2.05) is 11.4 Å². The lowest BCUT2D eigenvalue weighted by atomic mass is 10.2. The number of rotatable bonds is 7. The molecular weight excluding hydrogens is 276 g/mol. The molecule has 0 fully saturated rings. The summed E-state index contributed by atoms with van der Waals surface area (Å²) in [5, 5.41) is 12.2. The molecule has 0 spiro atoms. The summed E-state index contributed by atoms with van der Waals surface area (Å²) < 4.78 is 5.20. The molecule has 108 valence electrons. The topological polar surface area (TPSA) is 80.0 Å². The molecule has 2 heterocycles. The Kier molecular flexibility index (Phi) is 5.25. The predicted molar refractivity (Wildman–Crippen MR) is 77.5 cm³/mol. The van der Waals surface area contributed by atoms with Crippen LogP contribution in [0.25, 0.3) is 0 Å². The highest BCUT2D eigenvalue weighted by Gasteiger charge is 2.14. The third-order valence-electron chi connectivity index (χ3n) is 2.75. The van der Waals surface area contributed by atoms with E-state index in [4.69, 9.17) is 4.52 Å². The van der Waals surface area contributed by atoms with Crippen molar-refractivity contribution in [2.75, 3.05) is 5.32 Å². The molecule has 1 unspecified atom stereocenters. The lowest BCUT2D eigenvalue weighted by Crippen LogP contribution is -2.37. The van der Waals surface area contributed by atoms with Gasteiger partial charge in [-0.2, -0.15) is 0 Å². The highest BCUT2D eigenvalue weighted by molar-refractivity contribution is 7.13. The van der Waals surface area contributed by atoms with E-state index in [1.165, 1.54) is 11.3 Å². The minimum atomic E-state index is -0.335. The van der Waals surface area contributed by atoms with Crippen LogP contribution in [0.15, 0.2) is 22.2 Å². The van der Waals surface area contributed by atoms with Gasteiger partial charge in [0, 0.05) is 17.6 Å². The number of amides is 1. The molecule has 0 aliphatic carbocycles. The first kappa shape index (κ1) is 14.7. The van der Waals surface area contributed by atoms with Crippen molar-refractivity contribution in [2.45, 2.75) is 39.3 Å². The smallest absolute Gasteiger partial charge is 0.243 e. The Balaban J connectivity index is 1.78. The van der Waals surface area contributed by atoms with Crippen molar-refractivity contribution in [2.24, 2.45) is 0 Å². The van der Waals surface area contributed by atoms with Crippen LogP contribution in [0, 0.1) is 0 Å². The lowest BCUT2D eigenvalue weighted by Gasteiger charge is -2.11. The molecule has 2 aromatic heterocycles. The van der Waals surface area contributed by atoms with Gasteiger partial charge in [-0.1, -0.05) is 18.5 Å². The maximum atomic E-state index is 11.9. The Morgan fingerprint density at radius 3 is 3.10 bits per heavy atom. The number of nitrogens with one attached hydrogen (secondary N) is 2. The van der Waals surface area contributed by atoms with E-state index < -0.39 is 0 Å². The quantitative estimate of drug-likeness (QED) is 0.818. The molecule has 1 amide bonds. The second kappa shape index (κ2) is 7.16. The van der Waals surface area contributed by atoms with Crippen molar-refractivity contribution in [1.82, 2.24) is 15.5 Å². The molecule has 0 aliphatic heterocycles. The number of anilines is 1. The second-order valence-electron chi connectivity index (χ2n) is 4.46. The Labute approximate surface area is 121 Å². The molecule has 2 rings (SSSR count). The minimum Gasteiger partial charge on any atom is -0.360 e. The molecule has 0 bridgehead atoms. The van der Waals surface area contributed by atoms with E-state index in [0.717, 1.165) is 24.3 Å². The first-order valence-electron chi connectivity index (χ1n) is 6.57. The number of carbonyl (C=O) groups is 1. The SMILES string of the molecule is CCCc1cc(CNC(C)C(=O)Nc2nccs2)on1. The Hall–Kier alpha value is -1.73. The van der Waals surface area contributed by atoms with Gasteiger partial charge < -0.3 is 9.84 Å². The average molecular weight is 294 g/mol. The third-order valence-corrected chi connectivity index (χ3v) is 3.44. The van der Waals surface area contributed by atoms with E-state index in [9.17, 15) is 4.79 Å². The van der Waals surface area contributed by atoms with Crippen molar-refractivity contribution >= 4 is 22.4 Å². The van der Waals surface area contributed by atoms with Crippen LogP contribution in [-0.2, 0) is 17.8 Å². The molecule has 0 saturated carbocycles. The number of hydrogen-bond donors (Lipinski definition) is 2. The van der Waals surface area contributed by atoms with Gasteiger partial charge in [-0.05, 0) is 13.3 Å². The van der Waals surface area contributed by atoms with Gasteiger partial charge in [0.25, 0.3) is 0 Å².